The van der Waals surface area contributed by atoms with Gasteiger partial charge in [0.2, 0.25) is 5.91 Å². The third-order valence-electron chi connectivity index (χ3n) is 7.10. The summed E-state index contributed by atoms with van der Waals surface area (Å²) in [6.45, 7) is 7.62. The van der Waals surface area contributed by atoms with Gasteiger partial charge in [-0.25, -0.2) is 0 Å². The zero-order chi connectivity index (χ0) is 17.8. The van der Waals surface area contributed by atoms with E-state index in [2.05, 4.69) is 15.1 Å². The predicted octanol–water partition coefficient (Wildman–Crippen LogP) is 2.26. The second-order valence-electron chi connectivity index (χ2n) is 9.05. The quantitative estimate of drug-likeness (QED) is 0.786. The first-order valence-electron chi connectivity index (χ1n) is 11.2. The summed E-state index contributed by atoms with van der Waals surface area (Å²) in [5.41, 5.74) is 0. The number of carbonyl (C=O) groups is 1. The summed E-state index contributed by atoms with van der Waals surface area (Å²) in [4.78, 5) is 17.6. The Balaban J connectivity index is 1.18. The molecule has 1 aliphatic carbocycles. The number of hydrogen-bond donors (Lipinski definition) is 1. The minimum atomic E-state index is -0.210. The van der Waals surface area contributed by atoms with Gasteiger partial charge in [0.05, 0.1) is 6.10 Å². The van der Waals surface area contributed by atoms with Crippen molar-refractivity contribution in [2.75, 3.05) is 45.8 Å². The van der Waals surface area contributed by atoms with Crippen molar-refractivity contribution in [2.24, 2.45) is 11.8 Å². The third-order valence-corrected chi connectivity index (χ3v) is 7.10. The van der Waals surface area contributed by atoms with Crippen LogP contribution in [0.5, 0.6) is 0 Å². The van der Waals surface area contributed by atoms with E-state index in [9.17, 15) is 4.79 Å². The summed E-state index contributed by atoms with van der Waals surface area (Å²) in [6.07, 6.45) is 11.9. The van der Waals surface area contributed by atoms with E-state index in [0.29, 0.717) is 5.92 Å². The summed E-state index contributed by atoms with van der Waals surface area (Å²) in [5.74, 6) is 1.61. The first kappa shape index (κ1) is 18.7. The fourth-order valence-electron chi connectivity index (χ4n) is 5.52. The molecule has 0 aromatic heterocycles. The Morgan fingerprint density at radius 1 is 0.962 bits per heavy atom. The van der Waals surface area contributed by atoms with E-state index in [1.165, 1.54) is 77.5 Å². The van der Waals surface area contributed by atoms with Crippen LogP contribution in [0.3, 0.4) is 0 Å². The highest BCUT2D eigenvalue weighted by Gasteiger charge is 2.42. The molecule has 5 heteroatoms. The zero-order valence-corrected chi connectivity index (χ0v) is 16.3. The van der Waals surface area contributed by atoms with Crippen molar-refractivity contribution >= 4 is 5.91 Å². The highest BCUT2D eigenvalue weighted by molar-refractivity contribution is 5.81. The lowest BCUT2D eigenvalue weighted by Gasteiger charge is -2.37. The molecular formula is C21H37N3O2. The van der Waals surface area contributed by atoms with Gasteiger partial charge in [-0.3, -0.25) is 4.79 Å². The molecule has 0 aromatic rings. The van der Waals surface area contributed by atoms with Crippen LogP contribution in [0.1, 0.15) is 57.8 Å². The molecule has 3 heterocycles. The Labute approximate surface area is 158 Å². The first-order chi connectivity index (χ1) is 12.8. The molecular weight excluding hydrogens is 326 g/mol. The molecule has 0 aromatic carbocycles. The average Bonchev–Trinajstić information content (AvgIpc) is 3.31. The van der Waals surface area contributed by atoms with E-state index in [-0.39, 0.29) is 18.1 Å². The Morgan fingerprint density at radius 3 is 2.58 bits per heavy atom. The molecule has 148 valence electrons. The van der Waals surface area contributed by atoms with Gasteiger partial charge in [-0.05, 0) is 70.0 Å². The standard InChI is InChI=1S/C21H37N3O2/c25-21(22-9-13-23-10-4-5-11-23)19-14-18-8-12-24(16-20(18)26-19)15-17-6-2-1-3-7-17/h17-20H,1-16H2,(H,22,25)/t18-,19+,20-/m0/s1. The number of hydrogen-bond acceptors (Lipinski definition) is 4. The number of nitrogens with zero attached hydrogens (tertiary/aromatic N) is 2. The molecule has 1 N–H and O–H groups in total. The lowest BCUT2D eigenvalue weighted by Crippen LogP contribution is -2.44. The van der Waals surface area contributed by atoms with Crippen LogP contribution in [0, 0.1) is 11.8 Å². The van der Waals surface area contributed by atoms with Gasteiger partial charge in [0, 0.05) is 26.2 Å². The molecule has 0 unspecified atom stereocenters. The number of ether oxygens (including phenoxy) is 1. The monoisotopic (exact) mass is 363 g/mol. The van der Waals surface area contributed by atoms with Gasteiger partial charge in [-0.2, -0.15) is 0 Å². The minimum Gasteiger partial charge on any atom is -0.364 e. The SMILES string of the molecule is O=C(NCCN1CCCC1)[C@H]1C[C@@H]2CCN(CC3CCCCC3)C[C@@H]2O1. The van der Waals surface area contributed by atoms with Crippen molar-refractivity contribution in [1.82, 2.24) is 15.1 Å². The smallest absolute Gasteiger partial charge is 0.249 e. The number of piperidine rings is 1. The Morgan fingerprint density at radius 2 is 1.77 bits per heavy atom. The first-order valence-corrected chi connectivity index (χ1v) is 11.2. The molecule has 1 amide bonds. The Bertz CT molecular complexity index is 460. The van der Waals surface area contributed by atoms with Gasteiger partial charge in [-0.15, -0.1) is 0 Å². The summed E-state index contributed by atoms with van der Waals surface area (Å²) < 4.78 is 6.20. The highest BCUT2D eigenvalue weighted by Crippen LogP contribution is 2.34. The lowest BCUT2D eigenvalue weighted by molar-refractivity contribution is -0.132. The Kier molecular flexibility index (Phi) is 6.49. The van der Waals surface area contributed by atoms with Gasteiger partial charge in [-0.1, -0.05) is 19.3 Å². The van der Waals surface area contributed by atoms with E-state index in [1.54, 1.807) is 0 Å². The fourth-order valence-corrected chi connectivity index (χ4v) is 5.52. The van der Waals surface area contributed by atoms with E-state index >= 15 is 0 Å². The van der Waals surface area contributed by atoms with Crippen LogP contribution < -0.4 is 5.32 Å². The van der Waals surface area contributed by atoms with Crippen molar-refractivity contribution in [1.29, 1.82) is 0 Å². The van der Waals surface area contributed by atoms with Crippen molar-refractivity contribution in [3.63, 3.8) is 0 Å². The maximum absolute atomic E-state index is 12.5. The molecule has 0 radical (unpaired) electrons. The molecule has 0 spiro atoms. The number of carbonyl (C=O) groups excluding carboxylic acids is 1. The maximum Gasteiger partial charge on any atom is 0.249 e. The molecule has 3 atom stereocenters. The van der Waals surface area contributed by atoms with E-state index < -0.39 is 0 Å². The topological polar surface area (TPSA) is 44.8 Å². The largest absolute Gasteiger partial charge is 0.364 e. The van der Waals surface area contributed by atoms with Crippen molar-refractivity contribution < 1.29 is 9.53 Å². The van der Waals surface area contributed by atoms with Gasteiger partial charge in [0.15, 0.2) is 0 Å². The van der Waals surface area contributed by atoms with E-state index in [4.69, 9.17) is 4.74 Å². The van der Waals surface area contributed by atoms with E-state index in [1.807, 2.05) is 0 Å². The molecule has 0 bridgehead atoms. The highest BCUT2D eigenvalue weighted by atomic mass is 16.5. The molecule has 4 fully saturated rings. The number of nitrogens with one attached hydrogen (secondary N) is 1. The van der Waals surface area contributed by atoms with E-state index in [0.717, 1.165) is 32.0 Å². The molecule has 26 heavy (non-hydrogen) atoms. The maximum atomic E-state index is 12.5. The number of likely N-dealkylation sites (tertiary alicyclic amines) is 2. The molecule has 5 nitrogen and oxygen atoms in total. The Hall–Kier alpha value is -0.650. The second-order valence-corrected chi connectivity index (χ2v) is 9.05. The summed E-state index contributed by atoms with van der Waals surface area (Å²) in [5, 5.41) is 3.12. The van der Waals surface area contributed by atoms with Gasteiger partial charge < -0.3 is 19.9 Å². The fraction of sp³-hybridized carbons (Fsp3) is 0.952. The molecule has 3 aliphatic heterocycles. The normalized spacial score (nSPS) is 34.1. The summed E-state index contributed by atoms with van der Waals surface area (Å²) >= 11 is 0. The molecule has 4 aliphatic rings. The van der Waals surface area contributed by atoms with Crippen molar-refractivity contribution in [2.45, 2.75) is 70.0 Å². The summed E-state index contributed by atoms with van der Waals surface area (Å²) in [7, 11) is 0. The molecule has 4 rings (SSSR count). The number of fused-ring (bicyclic) bond motifs is 1. The van der Waals surface area contributed by atoms with Crippen LogP contribution in [-0.2, 0) is 9.53 Å². The second kappa shape index (κ2) is 9.03. The third kappa shape index (κ3) is 4.79. The van der Waals surface area contributed by atoms with Crippen LogP contribution in [0.2, 0.25) is 0 Å². The van der Waals surface area contributed by atoms with Gasteiger partial charge in [0.1, 0.15) is 6.10 Å². The van der Waals surface area contributed by atoms with Crippen LogP contribution >= 0.6 is 0 Å². The van der Waals surface area contributed by atoms with Gasteiger partial charge in [0.25, 0.3) is 0 Å². The average molecular weight is 364 g/mol. The lowest BCUT2D eigenvalue weighted by atomic mass is 9.87. The summed E-state index contributed by atoms with van der Waals surface area (Å²) in [6, 6.07) is 0. The number of amides is 1. The zero-order valence-electron chi connectivity index (χ0n) is 16.3. The minimum absolute atomic E-state index is 0.123. The van der Waals surface area contributed by atoms with Crippen LogP contribution in [0.4, 0.5) is 0 Å². The molecule has 1 saturated carbocycles. The van der Waals surface area contributed by atoms with Crippen LogP contribution in [0.25, 0.3) is 0 Å². The van der Waals surface area contributed by atoms with Crippen molar-refractivity contribution in [3.8, 4) is 0 Å². The van der Waals surface area contributed by atoms with Gasteiger partial charge >= 0.3 is 0 Å². The molecule has 3 saturated heterocycles. The van der Waals surface area contributed by atoms with Crippen LogP contribution in [-0.4, -0.2) is 73.7 Å². The van der Waals surface area contributed by atoms with Crippen LogP contribution in [0.15, 0.2) is 0 Å². The number of rotatable bonds is 6. The predicted molar refractivity (Wildman–Crippen MR) is 103 cm³/mol. The van der Waals surface area contributed by atoms with Crippen molar-refractivity contribution in [3.05, 3.63) is 0 Å².